The lowest BCUT2D eigenvalue weighted by Gasteiger charge is -2.37. The lowest BCUT2D eigenvalue weighted by Crippen LogP contribution is -2.57. The topological polar surface area (TPSA) is 108 Å². The maximum absolute atomic E-state index is 14.4. The van der Waals surface area contributed by atoms with Crippen LogP contribution in [0.3, 0.4) is 0 Å². The van der Waals surface area contributed by atoms with Gasteiger partial charge in [0.25, 0.3) is 0 Å². The normalized spacial score (nSPS) is 28.5. The number of carbonyl (C=O) groups is 3. The minimum absolute atomic E-state index is 0.188. The van der Waals surface area contributed by atoms with Gasteiger partial charge in [-0.25, -0.2) is 0 Å². The van der Waals surface area contributed by atoms with Gasteiger partial charge in [-0.1, -0.05) is 37.3 Å². The molecule has 5 rings (SSSR count). The van der Waals surface area contributed by atoms with Crippen molar-refractivity contribution in [1.29, 1.82) is 0 Å². The van der Waals surface area contributed by atoms with Crippen LogP contribution in [0.15, 0.2) is 54.6 Å². The van der Waals surface area contributed by atoms with Crippen molar-refractivity contribution in [2.75, 3.05) is 36.5 Å². The molecule has 2 aromatic rings. The Balaban J connectivity index is 1.53. The molecular formula is C33H43N3O6. The van der Waals surface area contributed by atoms with Crippen LogP contribution in [0, 0.1) is 11.8 Å². The average Bonchev–Trinajstić information content (AvgIpc) is 3.61. The summed E-state index contributed by atoms with van der Waals surface area (Å²) in [6, 6.07) is 15.5. The second-order valence-corrected chi connectivity index (χ2v) is 11.6. The third kappa shape index (κ3) is 4.86. The van der Waals surface area contributed by atoms with Crippen LogP contribution in [0.4, 0.5) is 11.4 Å². The number of carbonyl (C=O) groups excluding carboxylic acids is 3. The Labute approximate surface area is 248 Å². The number of likely N-dealkylation sites (tertiary alicyclic amines) is 1. The Bertz CT molecular complexity index is 1280. The van der Waals surface area contributed by atoms with E-state index in [1.807, 2.05) is 61.5 Å². The van der Waals surface area contributed by atoms with Gasteiger partial charge in [0.1, 0.15) is 17.6 Å². The first kappa shape index (κ1) is 30.0. The summed E-state index contributed by atoms with van der Waals surface area (Å²) < 4.78 is 12.3. The van der Waals surface area contributed by atoms with Gasteiger partial charge in [-0.05, 0) is 76.3 Å². The summed E-state index contributed by atoms with van der Waals surface area (Å²) in [5.41, 5.74) is 0.530. The lowest BCUT2D eigenvalue weighted by atomic mass is 9.65. The van der Waals surface area contributed by atoms with E-state index in [9.17, 15) is 19.5 Å². The van der Waals surface area contributed by atoms with Gasteiger partial charge in [0, 0.05) is 24.5 Å². The fourth-order valence-corrected chi connectivity index (χ4v) is 7.63. The Morgan fingerprint density at radius 2 is 1.76 bits per heavy atom. The smallest absolute Gasteiger partial charge is 0.312 e. The molecule has 1 spiro atoms. The zero-order valence-corrected chi connectivity index (χ0v) is 25.0. The SMILES string of the molecule is CCOC(=O)[C@H]1[C@H]2C(=O)N([C@@H](CO)Cc3ccccc3)C(C(=O)Nc3ccc(N(CC)CC)cc3)C23CC[C@]1(CC)O3. The minimum atomic E-state index is -1.19. The molecule has 0 aliphatic carbocycles. The Hall–Kier alpha value is -3.43. The number of hydrogen-bond donors (Lipinski definition) is 2. The average molecular weight is 578 g/mol. The van der Waals surface area contributed by atoms with E-state index < -0.39 is 41.1 Å². The molecule has 2 unspecified atom stereocenters. The minimum Gasteiger partial charge on any atom is -0.466 e. The number of benzene rings is 2. The van der Waals surface area contributed by atoms with Crippen LogP contribution in [0.5, 0.6) is 0 Å². The molecule has 0 saturated carbocycles. The molecule has 226 valence electrons. The highest BCUT2D eigenvalue weighted by molar-refractivity contribution is 6.03. The van der Waals surface area contributed by atoms with Gasteiger partial charge in [0.05, 0.1) is 30.8 Å². The van der Waals surface area contributed by atoms with Gasteiger partial charge >= 0.3 is 5.97 Å². The maximum Gasteiger partial charge on any atom is 0.312 e. The summed E-state index contributed by atoms with van der Waals surface area (Å²) in [5, 5.41) is 13.6. The number of aliphatic hydroxyl groups excluding tert-OH is 1. The van der Waals surface area contributed by atoms with Gasteiger partial charge in [-0.2, -0.15) is 0 Å². The van der Waals surface area contributed by atoms with Crippen LogP contribution in [0.2, 0.25) is 0 Å². The molecule has 9 nitrogen and oxygen atoms in total. The molecular weight excluding hydrogens is 534 g/mol. The first-order valence-electron chi connectivity index (χ1n) is 15.3. The molecule has 9 heteroatoms. The number of aliphatic hydroxyl groups is 1. The zero-order valence-electron chi connectivity index (χ0n) is 25.0. The lowest BCUT2D eigenvalue weighted by molar-refractivity contribution is -0.161. The van der Waals surface area contributed by atoms with Crippen molar-refractivity contribution in [2.45, 2.75) is 76.7 Å². The van der Waals surface area contributed by atoms with Crippen molar-refractivity contribution in [3.05, 3.63) is 60.2 Å². The number of nitrogens with one attached hydrogen (secondary N) is 1. The van der Waals surface area contributed by atoms with Crippen molar-refractivity contribution in [1.82, 2.24) is 4.90 Å². The number of ether oxygens (including phenoxy) is 2. The van der Waals surface area contributed by atoms with Gasteiger partial charge in [-0.3, -0.25) is 14.4 Å². The molecule has 2 bridgehead atoms. The van der Waals surface area contributed by atoms with Crippen molar-refractivity contribution < 1.29 is 29.0 Å². The fourth-order valence-electron chi connectivity index (χ4n) is 7.63. The number of rotatable bonds is 12. The van der Waals surface area contributed by atoms with E-state index in [1.54, 1.807) is 6.92 Å². The van der Waals surface area contributed by atoms with Crippen molar-refractivity contribution in [3.8, 4) is 0 Å². The highest BCUT2D eigenvalue weighted by atomic mass is 16.6. The highest BCUT2D eigenvalue weighted by Crippen LogP contribution is 2.64. The predicted octanol–water partition coefficient (Wildman–Crippen LogP) is 3.79. The van der Waals surface area contributed by atoms with Gasteiger partial charge in [-0.15, -0.1) is 0 Å². The third-order valence-electron chi connectivity index (χ3n) is 9.59. The highest BCUT2D eigenvalue weighted by Gasteiger charge is 2.79. The van der Waals surface area contributed by atoms with Crippen LogP contribution in [0.1, 0.15) is 52.5 Å². The Morgan fingerprint density at radius 1 is 1.07 bits per heavy atom. The monoisotopic (exact) mass is 577 g/mol. The van der Waals surface area contributed by atoms with E-state index >= 15 is 0 Å². The summed E-state index contributed by atoms with van der Waals surface area (Å²) in [6.07, 6.45) is 1.90. The molecule has 2 amide bonds. The number of hydrogen-bond acceptors (Lipinski definition) is 7. The second kappa shape index (κ2) is 12.1. The standard InChI is InChI=1S/C33H43N3O6/c1-5-32-18-19-33(42-32)26(27(32)31(40)41-8-4)30(39)36(25(21-37)20-22-12-10-9-11-13-22)28(33)29(38)34-23-14-16-24(17-15-23)35(6-2)7-3/h9-17,25-28,37H,5-8,18-21H2,1-4H3,(H,34,38)/t25-,26+,27-,28?,32+,33?/m1/s1. The van der Waals surface area contributed by atoms with E-state index in [2.05, 4.69) is 24.1 Å². The quantitative estimate of drug-likeness (QED) is 0.370. The largest absolute Gasteiger partial charge is 0.466 e. The molecule has 6 atom stereocenters. The van der Waals surface area contributed by atoms with Crippen LogP contribution in [-0.2, 0) is 30.3 Å². The van der Waals surface area contributed by atoms with Crippen molar-refractivity contribution in [3.63, 3.8) is 0 Å². The molecule has 2 aromatic carbocycles. The van der Waals surface area contributed by atoms with E-state index in [0.717, 1.165) is 24.3 Å². The van der Waals surface area contributed by atoms with Crippen molar-refractivity contribution >= 4 is 29.2 Å². The molecule has 3 aliphatic heterocycles. The molecule has 3 heterocycles. The molecule has 2 N–H and O–H groups in total. The van der Waals surface area contributed by atoms with E-state index in [1.165, 1.54) is 4.90 Å². The summed E-state index contributed by atoms with van der Waals surface area (Å²) >= 11 is 0. The third-order valence-corrected chi connectivity index (χ3v) is 9.59. The number of amides is 2. The van der Waals surface area contributed by atoms with Crippen molar-refractivity contribution in [2.24, 2.45) is 11.8 Å². The van der Waals surface area contributed by atoms with Crippen LogP contribution < -0.4 is 10.2 Å². The first-order chi connectivity index (χ1) is 20.3. The van der Waals surface area contributed by atoms with E-state index in [-0.39, 0.29) is 25.0 Å². The number of esters is 1. The van der Waals surface area contributed by atoms with Gasteiger partial charge in [0.15, 0.2) is 0 Å². The molecule has 3 aliphatic rings. The number of fused-ring (bicyclic) bond motifs is 1. The fraction of sp³-hybridized carbons (Fsp3) is 0.545. The van der Waals surface area contributed by atoms with E-state index in [4.69, 9.17) is 9.47 Å². The summed E-state index contributed by atoms with van der Waals surface area (Å²) in [4.78, 5) is 45.9. The molecule has 0 aromatic heterocycles. The van der Waals surface area contributed by atoms with Crippen LogP contribution in [0.25, 0.3) is 0 Å². The Kier molecular flexibility index (Phi) is 8.62. The van der Waals surface area contributed by atoms with E-state index in [0.29, 0.717) is 31.4 Å². The molecule has 0 radical (unpaired) electrons. The second-order valence-electron chi connectivity index (χ2n) is 11.6. The van der Waals surface area contributed by atoms with Crippen LogP contribution in [-0.4, -0.2) is 77.4 Å². The molecule has 3 fully saturated rings. The zero-order chi connectivity index (χ0) is 30.1. The summed E-state index contributed by atoms with van der Waals surface area (Å²) in [5.74, 6) is -2.86. The summed E-state index contributed by atoms with van der Waals surface area (Å²) in [7, 11) is 0. The predicted molar refractivity (Wildman–Crippen MR) is 160 cm³/mol. The van der Waals surface area contributed by atoms with Gasteiger partial charge in [0.2, 0.25) is 11.8 Å². The van der Waals surface area contributed by atoms with Crippen LogP contribution >= 0.6 is 0 Å². The molecule has 42 heavy (non-hydrogen) atoms. The van der Waals surface area contributed by atoms with Gasteiger partial charge < -0.3 is 29.7 Å². The summed E-state index contributed by atoms with van der Waals surface area (Å²) in [6.45, 7) is 9.47. The number of nitrogens with zero attached hydrogens (tertiary/aromatic N) is 2. The number of anilines is 2. The first-order valence-corrected chi connectivity index (χ1v) is 15.3. The molecule has 3 saturated heterocycles. The Morgan fingerprint density at radius 3 is 2.36 bits per heavy atom. The maximum atomic E-state index is 14.4.